The largest absolute Gasteiger partial charge is 0.383 e. The van der Waals surface area contributed by atoms with Crippen LogP contribution in [0, 0.1) is 6.92 Å². The molecule has 23 heavy (non-hydrogen) atoms. The van der Waals surface area contributed by atoms with Crippen LogP contribution in [0.25, 0.3) is 0 Å². The van der Waals surface area contributed by atoms with E-state index in [1.807, 2.05) is 14.0 Å². The van der Waals surface area contributed by atoms with Crippen LogP contribution < -0.4 is 10.6 Å². The standard InChI is InChI=1S/C16H29N5OS/c1-13-20-14(12-23-13)6-7-18-16(17-2)19-11-15-5-4-8-21(15)9-10-22-3/h12,15H,4-11H2,1-3H3,(H2,17,18,19). The first kappa shape index (κ1) is 18.2. The average Bonchev–Trinajstić information content (AvgIpc) is 3.17. The number of hydrogen-bond acceptors (Lipinski definition) is 5. The van der Waals surface area contributed by atoms with Crippen molar-refractivity contribution in [2.75, 3.05) is 46.9 Å². The minimum absolute atomic E-state index is 0.574. The van der Waals surface area contributed by atoms with E-state index in [4.69, 9.17) is 4.74 Å². The van der Waals surface area contributed by atoms with Crippen molar-refractivity contribution in [3.63, 3.8) is 0 Å². The van der Waals surface area contributed by atoms with Crippen molar-refractivity contribution in [1.29, 1.82) is 0 Å². The number of guanidine groups is 1. The summed E-state index contributed by atoms with van der Waals surface area (Å²) in [7, 11) is 3.58. The molecule has 1 atom stereocenters. The van der Waals surface area contributed by atoms with Crippen LogP contribution in [0.15, 0.2) is 10.4 Å². The molecule has 0 aromatic carbocycles. The number of methoxy groups -OCH3 is 1. The molecule has 2 rings (SSSR count). The molecule has 7 heteroatoms. The van der Waals surface area contributed by atoms with E-state index in [9.17, 15) is 0 Å². The van der Waals surface area contributed by atoms with Gasteiger partial charge in [0.2, 0.25) is 0 Å². The molecule has 0 radical (unpaired) electrons. The lowest BCUT2D eigenvalue weighted by molar-refractivity contribution is 0.141. The fourth-order valence-electron chi connectivity index (χ4n) is 2.90. The van der Waals surface area contributed by atoms with Gasteiger partial charge in [0.05, 0.1) is 17.3 Å². The van der Waals surface area contributed by atoms with Crippen LogP contribution in [0.2, 0.25) is 0 Å². The van der Waals surface area contributed by atoms with Gasteiger partial charge in [-0.3, -0.25) is 9.89 Å². The number of rotatable bonds is 8. The summed E-state index contributed by atoms with van der Waals surface area (Å²) in [6.07, 6.45) is 3.44. The maximum Gasteiger partial charge on any atom is 0.191 e. The zero-order chi connectivity index (χ0) is 16.5. The van der Waals surface area contributed by atoms with Gasteiger partial charge in [0.1, 0.15) is 0 Å². The molecule has 1 unspecified atom stereocenters. The second-order valence-electron chi connectivity index (χ2n) is 5.81. The quantitative estimate of drug-likeness (QED) is 0.552. The molecule has 6 nitrogen and oxygen atoms in total. The molecule has 0 saturated carbocycles. The smallest absolute Gasteiger partial charge is 0.191 e. The Balaban J connectivity index is 1.68. The third-order valence-corrected chi connectivity index (χ3v) is 4.97. The molecular formula is C16H29N5OS. The molecule has 1 fully saturated rings. The first-order valence-corrected chi connectivity index (χ1v) is 9.19. The summed E-state index contributed by atoms with van der Waals surface area (Å²) in [4.78, 5) is 11.3. The molecule has 2 N–H and O–H groups in total. The Morgan fingerprint density at radius 2 is 2.39 bits per heavy atom. The third-order valence-electron chi connectivity index (χ3n) is 4.15. The number of aliphatic imine (C=N–C) groups is 1. The van der Waals surface area contributed by atoms with Crippen LogP contribution in [0.5, 0.6) is 0 Å². The van der Waals surface area contributed by atoms with Crippen LogP contribution in [0.1, 0.15) is 23.5 Å². The van der Waals surface area contributed by atoms with Gasteiger partial charge in [0, 0.05) is 51.6 Å². The van der Waals surface area contributed by atoms with Crippen molar-refractivity contribution in [1.82, 2.24) is 20.5 Å². The Morgan fingerprint density at radius 3 is 3.09 bits per heavy atom. The number of hydrogen-bond donors (Lipinski definition) is 2. The number of aromatic nitrogens is 1. The number of aryl methyl sites for hydroxylation is 1. The molecule has 1 aliphatic heterocycles. The van der Waals surface area contributed by atoms with Gasteiger partial charge in [-0.25, -0.2) is 4.98 Å². The van der Waals surface area contributed by atoms with E-state index in [-0.39, 0.29) is 0 Å². The molecule has 0 aliphatic carbocycles. The SMILES string of the molecule is CN=C(NCCc1csc(C)n1)NCC1CCCN1CCOC. The van der Waals surface area contributed by atoms with Gasteiger partial charge in [0.25, 0.3) is 0 Å². The van der Waals surface area contributed by atoms with E-state index in [1.54, 1.807) is 18.4 Å². The fourth-order valence-corrected chi connectivity index (χ4v) is 3.54. The second kappa shape index (κ2) is 9.85. The lowest BCUT2D eigenvalue weighted by atomic mass is 10.2. The van der Waals surface area contributed by atoms with Crippen LogP contribution in [0.4, 0.5) is 0 Å². The number of thiazole rings is 1. The molecule has 0 amide bonds. The zero-order valence-corrected chi connectivity index (χ0v) is 15.3. The highest BCUT2D eigenvalue weighted by atomic mass is 32.1. The van der Waals surface area contributed by atoms with Crippen LogP contribution in [0.3, 0.4) is 0 Å². The van der Waals surface area contributed by atoms with E-state index >= 15 is 0 Å². The first-order chi connectivity index (χ1) is 11.2. The summed E-state index contributed by atoms with van der Waals surface area (Å²) in [5.41, 5.74) is 1.15. The van der Waals surface area contributed by atoms with Crippen LogP contribution in [-0.2, 0) is 11.2 Å². The van der Waals surface area contributed by atoms with E-state index < -0.39 is 0 Å². The highest BCUT2D eigenvalue weighted by Crippen LogP contribution is 2.15. The number of nitrogens with one attached hydrogen (secondary N) is 2. The van der Waals surface area contributed by atoms with Gasteiger partial charge >= 0.3 is 0 Å². The van der Waals surface area contributed by atoms with Crippen molar-refractivity contribution >= 4 is 17.3 Å². The predicted octanol–water partition coefficient (Wildman–Crippen LogP) is 1.27. The molecule has 1 aromatic rings. The fraction of sp³-hybridized carbons (Fsp3) is 0.750. The minimum Gasteiger partial charge on any atom is -0.383 e. The molecule has 1 aromatic heterocycles. The van der Waals surface area contributed by atoms with Crippen molar-refractivity contribution < 1.29 is 4.74 Å². The van der Waals surface area contributed by atoms with Gasteiger partial charge in [-0.15, -0.1) is 11.3 Å². The summed E-state index contributed by atoms with van der Waals surface area (Å²) in [6.45, 7) is 6.80. The Morgan fingerprint density at radius 1 is 1.52 bits per heavy atom. The summed E-state index contributed by atoms with van der Waals surface area (Å²) >= 11 is 1.70. The van der Waals surface area contributed by atoms with Gasteiger partial charge in [-0.1, -0.05) is 0 Å². The molecule has 1 saturated heterocycles. The monoisotopic (exact) mass is 339 g/mol. The maximum atomic E-state index is 5.19. The predicted molar refractivity (Wildman–Crippen MR) is 96.4 cm³/mol. The lowest BCUT2D eigenvalue weighted by Gasteiger charge is -2.25. The summed E-state index contributed by atoms with van der Waals surface area (Å²) in [5.74, 6) is 0.871. The van der Waals surface area contributed by atoms with Crippen molar-refractivity contribution in [3.8, 4) is 0 Å². The van der Waals surface area contributed by atoms with Gasteiger partial charge in [0.15, 0.2) is 5.96 Å². The molecule has 2 heterocycles. The summed E-state index contributed by atoms with van der Waals surface area (Å²) < 4.78 is 5.19. The van der Waals surface area contributed by atoms with Crippen LogP contribution in [-0.4, -0.2) is 68.8 Å². The highest BCUT2D eigenvalue weighted by Gasteiger charge is 2.23. The van der Waals surface area contributed by atoms with E-state index in [0.717, 1.165) is 49.3 Å². The number of ether oxygens (including phenoxy) is 1. The van der Waals surface area contributed by atoms with Gasteiger partial charge in [-0.05, 0) is 26.3 Å². The van der Waals surface area contributed by atoms with E-state index in [0.29, 0.717) is 6.04 Å². The highest BCUT2D eigenvalue weighted by molar-refractivity contribution is 7.09. The van der Waals surface area contributed by atoms with Gasteiger partial charge < -0.3 is 15.4 Å². The lowest BCUT2D eigenvalue weighted by Crippen LogP contribution is -2.45. The Kier molecular flexibility index (Phi) is 7.78. The third kappa shape index (κ3) is 6.08. The first-order valence-electron chi connectivity index (χ1n) is 8.31. The molecule has 0 spiro atoms. The Bertz CT molecular complexity index is 491. The van der Waals surface area contributed by atoms with Crippen molar-refractivity contribution in [2.45, 2.75) is 32.2 Å². The maximum absolute atomic E-state index is 5.19. The summed E-state index contributed by atoms with van der Waals surface area (Å²) in [6, 6.07) is 0.574. The second-order valence-corrected chi connectivity index (χ2v) is 6.87. The molecular weight excluding hydrogens is 310 g/mol. The minimum atomic E-state index is 0.574. The molecule has 1 aliphatic rings. The van der Waals surface area contributed by atoms with Crippen molar-refractivity contribution in [3.05, 3.63) is 16.1 Å². The Labute approximate surface area is 143 Å². The Hall–Kier alpha value is -1.18. The van der Waals surface area contributed by atoms with Crippen molar-refractivity contribution in [2.24, 2.45) is 4.99 Å². The summed E-state index contributed by atoms with van der Waals surface area (Å²) in [5, 5.41) is 10.1. The van der Waals surface area contributed by atoms with E-state index in [1.165, 1.54) is 19.4 Å². The zero-order valence-electron chi connectivity index (χ0n) is 14.5. The van der Waals surface area contributed by atoms with E-state index in [2.05, 4.69) is 30.9 Å². The average molecular weight is 340 g/mol. The van der Waals surface area contributed by atoms with Gasteiger partial charge in [-0.2, -0.15) is 0 Å². The molecule has 130 valence electrons. The van der Waals surface area contributed by atoms with Crippen LogP contribution >= 0.6 is 11.3 Å². The number of nitrogens with zero attached hydrogens (tertiary/aromatic N) is 3. The normalized spacial score (nSPS) is 19.3. The number of likely N-dealkylation sites (tertiary alicyclic amines) is 1. The molecule has 0 bridgehead atoms. The topological polar surface area (TPSA) is 61.8 Å².